The second-order valence-corrected chi connectivity index (χ2v) is 4.99. The van der Waals surface area contributed by atoms with Crippen molar-refractivity contribution in [3.05, 3.63) is 53.6 Å². The number of halogens is 2. The summed E-state index contributed by atoms with van der Waals surface area (Å²) < 4.78 is 38.3. The molecule has 0 aliphatic rings. The van der Waals surface area contributed by atoms with E-state index in [1.165, 1.54) is 18.2 Å². The Labute approximate surface area is 139 Å². The molecule has 6 heteroatoms. The molecule has 0 aromatic heterocycles. The summed E-state index contributed by atoms with van der Waals surface area (Å²) in [7, 11) is 0. The molecule has 0 bridgehead atoms. The molecule has 0 fully saturated rings. The van der Waals surface area contributed by atoms with Gasteiger partial charge in [-0.05, 0) is 43.7 Å². The molecule has 0 radical (unpaired) electrons. The SMILES string of the molecule is CCCOc1ccc(C(=O)Nc2c(F)cccc2F)cc1OCC. The van der Waals surface area contributed by atoms with Crippen LogP contribution < -0.4 is 14.8 Å². The van der Waals surface area contributed by atoms with Gasteiger partial charge in [-0.2, -0.15) is 0 Å². The Kier molecular flexibility index (Phi) is 6.12. The van der Waals surface area contributed by atoms with Crippen molar-refractivity contribution < 1.29 is 23.0 Å². The van der Waals surface area contributed by atoms with Crippen LogP contribution in [0.4, 0.5) is 14.5 Å². The van der Waals surface area contributed by atoms with E-state index in [1.54, 1.807) is 6.07 Å². The van der Waals surface area contributed by atoms with Gasteiger partial charge in [0.2, 0.25) is 0 Å². The van der Waals surface area contributed by atoms with Gasteiger partial charge in [0.1, 0.15) is 17.3 Å². The number of anilines is 1. The molecular weight excluding hydrogens is 316 g/mol. The lowest BCUT2D eigenvalue weighted by Crippen LogP contribution is -2.14. The standard InChI is InChI=1S/C18H19F2NO3/c1-3-10-24-15-9-8-12(11-16(15)23-4-2)18(22)21-17-13(19)6-5-7-14(17)20/h5-9,11H,3-4,10H2,1-2H3,(H,21,22). The summed E-state index contributed by atoms with van der Waals surface area (Å²) in [4.78, 5) is 12.3. The van der Waals surface area contributed by atoms with Crippen molar-refractivity contribution >= 4 is 11.6 Å². The van der Waals surface area contributed by atoms with Gasteiger partial charge in [-0.1, -0.05) is 13.0 Å². The zero-order chi connectivity index (χ0) is 17.5. The third kappa shape index (κ3) is 4.22. The fourth-order valence-electron chi connectivity index (χ4n) is 2.05. The minimum Gasteiger partial charge on any atom is -0.490 e. The second kappa shape index (κ2) is 8.29. The first-order valence-corrected chi connectivity index (χ1v) is 7.71. The number of ether oxygens (including phenoxy) is 2. The van der Waals surface area contributed by atoms with E-state index in [2.05, 4.69) is 5.32 Å². The fourth-order valence-corrected chi connectivity index (χ4v) is 2.05. The Bertz CT molecular complexity index is 699. The molecule has 0 atom stereocenters. The Balaban J connectivity index is 2.24. The molecule has 0 spiro atoms. The van der Waals surface area contributed by atoms with Crippen LogP contribution in [0.1, 0.15) is 30.6 Å². The van der Waals surface area contributed by atoms with Crippen molar-refractivity contribution in [1.82, 2.24) is 0 Å². The average molecular weight is 335 g/mol. The number of amides is 1. The molecule has 2 rings (SSSR count). The summed E-state index contributed by atoms with van der Waals surface area (Å²) in [5.41, 5.74) is -0.267. The first-order valence-electron chi connectivity index (χ1n) is 7.71. The van der Waals surface area contributed by atoms with Crippen LogP contribution in [0.2, 0.25) is 0 Å². The van der Waals surface area contributed by atoms with Gasteiger partial charge in [0.15, 0.2) is 11.5 Å². The van der Waals surface area contributed by atoms with E-state index in [4.69, 9.17) is 9.47 Å². The van der Waals surface area contributed by atoms with Crippen LogP contribution in [0, 0.1) is 11.6 Å². The number of carbonyl (C=O) groups is 1. The van der Waals surface area contributed by atoms with Crippen LogP contribution in [0.15, 0.2) is 36.4 Å². The molecule has 2 aromatic carbocycles. The van der Waals surface area contributed by atoms with Gasteiger partial charge in [-0.15, -0.1) is 0 Å². The van der Waals surface area contributed by atoms with Gasteiger partial charge in [0.05, 0.1) is 13.2 Å². The van der Waals surface area contributed by atoms with E-state index in [1.807, 2.05) is 13.8 Å². The Hall–Kier alpha value is -2.63. The molecule has 0 aliphatic heterocycles. The minimum absolute atomic E-state index is 0.213. The van der Waals surface area contributed by atoms with Crippen LogP contribution >= 0.6 is 0 Å². The molecule has 0 aliphatic carbocycles. The predicted molar refractivity (Wildman–Crippen MR) is 87.7 cm³/mol. The number of benzene rings is 2. The highest BCUT2D eigenvalue weighted by atomic mass is 19.1. The molecule has 128 valence electrons. The van der Waals surface area contributed by atoms with E-state index in [-0.39, 0.29) is 5.56 Å². The number of nitrogens with one attached hydrogen (secondary N) is 1. The molecule has 0 saturated heterocycles. The lowest BCUT2D eigenvalue weighted by molar-refractivity contribution is 0.102. The van der Waals surface area contributed by atoms with Crippen LogP contribution in [-0.4, -0.2) is 19.1 Å². The number of rotatable bonds is 7. The third-order valence-corrected chi connectivity index (χ3v) is 3.17. The molecular formula is C18H19F2NO3. The number of carbonyl (C=O) groups excluding carboxylic acids is 1. The zero-order valence-corrected chi connectivity index (χ0v) is 13.6. The lowest BCUT2D eigenvalue weighted by Gasteiger charge is -2.13. The van der Waals surface area contributed by atoms with Gasteiger partial charge in [0, 0.05) is 5.56 Å². The smallest absolute Gasteiger partial charge is 0.255 e. The highest BCUT2D eigenvalue weighted by Crippen LogP contribution is 2.29. The molecule has 1 amide bonds. The van der Waals surface area contributed by atoms with Gasteiger partial charge >= 0.3 is 0 Å². The highest BCUT2D eigenvalue weighted by molar-refractivity contribution is 6.04. The molecule has 0 unspecified atom stereocenters. The van der Waals surface area contributed by atoms with E-state index >= 15 is 0 Å². The van der Waals surface area contributed by atoms with Crippen molar-refractivity contribution in [2.24, 2.45) is 0 Å². The summed E-state index contributed by atoms with van der Waals surface area (Å²) in [6.45, 7) is 4.71. The summed E-state index contributed by atoms with van der Waals surface area (Å²) >= 11 is 0. The quantitative estimate of drug-likeness (QED) is 0.815. The average Bonchev–Trinajstić information content (AvgIpc) is 2.57. The van der Waals surface area contributed by atoms with Crippen molar-refractivity contribution in [2.75, 3.05) is 18.5 Å². The maximum atomic E-state index is 13.6. The lowest BCUT2D eigenvalue weighted by atomic mass is 10.1. The van der Waals surface area contributed by atoms with E-state index < -0.39 is 23.2 Å². The van der Waals surface area contributed by atoms with E-state index in [0.29, 0.717) is 24.7 Å². The maximum absolute atomic E-state index is 13.6. The topological polar surface area (TPSA) is 47.6 Å². The number of hydrogen-bond acceptors (Lipinski definition) is 3. The molecule has 0 heterocycles. The highest BCUT2D eigenvalue weighted by Gasteiger charge is 2.15. The number of hydrogen-bond donors (Lipinski definition) is 1. The van der Waals surface area contributed by atoms with Crippen LogP contribution in [0.3, 0.4) is 0 Å². The summed E-state index contributed by atoms with van der Waals surface area (Å²) in [5.74, 6) is -1.38. The summed E-state index contributed by atoms with van der Waals surface area (Å²) in [5, 5.41) is 2.24. The normalized spacial score (nSPS) is 10.3. The van der Waals surface area contributed by atoms with Gasteiger partial charge in [0.25, 0.3) is 5.91 Å². The zero-order valence-electron chi connectivity index (χ0n) is 13.6. The molecule has 4 nitrogen and oxygen atoms in total. The van der Waals surface area contributed by atoms with Crippen molar-refractivity contribution in [2.45, 2.75) is 20.3 Å². The predicted octanol–water partition coefficient (Wildman–Crippen LogP) is 4.40. The summed E-state index contributed by atoms with van der Waals surface area (Å²) in [6.07, 6.45) is 0.834. The molecule has 2 aromatic rings. The first kappa shape index (κ1) is 17.7. The van der Waals surface area contributed by atoms with Crippen molar-refractivity contribution in [1.29, 1.82) is 0 Å². The summed E-state index contributed by atoms with van der Waals surface area (Å²) in [6, 6.07) is 7.99. The van der Waals surface area contributed by atoms with Crippen molar-refractivity contribution in [3.8, 4) is 11.5 Å². The van der Waals surface area contributed by atoms with Gasteiger partial charge < -0.3 is 14.8 Å². The van der Waals surface area contributed by atoms with Crippen molar-refractivity contribution in [3.63, 3.8) is 0 Å². The van der Waals surface area contributed by atoms with E-state index in [0.717, 1.165) is 18.6 Å². The second-order valence-electron chi connectivity index (χ2n) is 4.99. The van der Waals surface area contributed by atoms with E-state index in [9.17, 15) is 13.6 Å². The number of para-hydroxylation sites is 1. The minimum atomic E-state index is -0.837. The van der Waals surface area contributed by atoms with Crippen LogP contribution in [-0.2, 0) is 0 Å². The Morgan fingerprint density at radius 2 is 1.75 bits per heavy atom. The van der Waals surface area contributed by atoms with Crippen LogP contribution in [0.5, 0.6) is 11.5 Å². The maximum Gasteiger partial charge on any atom is 0.255 e. The largest absolute Gasteiger partial charge is 0.490 e. The molecule has 24 heavy (non-hydrogen) atoms. The van der Waals surface area contributed by atoms with Crippen LogP contribution in [0.25, 0.3) is 0 Å². The Morgan fingerprint density at radius 1 is 1.04 bits per heavy atom. The third-order valence-electron chi connectivity index (χ3n) is 3.17. The first-order chi connectivity index (χ1) is 11.6. The Morgan fingerprint density at radius 3 is 2.38 bits per heavy atom. The van der Waals surface area contributed by atoms with Gasteiger partial charge in [-0.25, -0.2) is 8.78 Å². The molecule has 0 saturated carbocycles. The molecule has 1 N–H and O–H groups in total. The van der Waals surface area contributed by atoms with Gasteiger partial charge in [-0.3, -0.25) is 4.79 Å². The monoisotopic (exact) mass is 335 g/mol. The fraction of sp³-hybridized carbons (Fsp3) is 0.278.